The molecule has 4 rings (SSSR count). The molecule has 7 nitrogen and oxygen atoms in total. The first-order valence-electron chi connectivity index (χ1n) is 8.74. The molecule has 0 aliphatic carbocycles. The zero-order valence-corrected chi connectivity index (χ0v) is 15.4. The molecule has 2 aliphatic rings. The number of ether oxygens (including phenoxy) is 1. The number of sulfonamides is 1. The molecule has 0 amide bonds. The molecule has 1 aromatic heterocycles. The highest BCUT2D eigenvalue weighted by Gasteiger charge is 2.47. The Balaban J connectivity index is 1.45. The normalized spacial score (nSPS) is 26.0. The molecule has 3 heterocycles. The number of hydrogen-bond donors (Lipinski definition) is 1. The molecule has 138 valence electrons. The number of nitrogens with one attached hydrogen (secondary N) is 1. The van der Waals surface area contributed by atoms with E-state index in [0.717, 1.165) is 5.56 Å². The van der Waals surface area contributed by atoms with E-state index in [0.29, 0.717) is 37.1 Å². The second-order valence-corrected chi connectivity index (χ2v) is 8.74. The van der Waals surface area contributed by atoms with Gasteiger partial charge in [-0.25, -0.2) is 18.4 Å². The summed E-state index contributed by atoms with van der Waals surface area (Å²) in [7, 11) is -3.49. The molecular weight excluding hydrogens is 352 g/mol. The summed E-state index contributed by atoms with van der Waals surface area (Å²) in [5.74, 6) is 1.00. The third-order valence-corrected chi connectivity index (χ3v) is 7.20. The smallest absolute Gasteiger partial charge is 0.243 e. The second-order valence-electron chi connectivity index (χ2n) is 6.84. The Morgan fingerprint density at radius 3 is 2.73 bits per heavy atom. The van der Waals surface area contributed by atoms with Crippen molar-refractivity contribution < 1.29 is 13.2 Å². The van der Waals surface area contributed by atoms with Crippen LogP contribution < -0.4 is 5.32 Å². The van der Waals surface area contributed by atoms with E-state index in [1.165, 1.54) is 0 Å². The van der Waals surface area contributed by atoms with Crippen molar-refractivity contribution in [3.05, 3.63) is 48.3 Å². The average Bonchev–Trinajstić information content (AvgIpc) is 3.22. The second kappa shape index (κ2) is 6.94. The van der Waals surface area contributed by atoms with Crippen LogP contribution in [0.1, 0.15) is 5.56 Å². The van der Waals surface area contributed by atoms with Crippen LogP contribution in [-0.4, -0.2) is 55.0 Å². The molecule has 26 heavy (non-hydrogen) atoms. The third-order valence-electron chi connectivity index (χ3n) is 5.21. The van der Waals surface area contributed by atoms with Gasteiger partial charge < -0.3 is 10.1 Å². The van der Waals surface area contributed by atoms with Crippen LogP contribution in [0, 0.1) is 18.8 Å². The van der Waals surface area contributed by atoms with Gasteiger partial charge in [0, 0.05) is 43.9 Å². The summed E-state index contributed by atoms with van der Waals surface area (Å²) < 4.78 is 33.5. The molecule has 1 aromatic carbocycles. The first-order chi connectivity index (χ1) is 12.6. The van der Waals surface area contributed by atoms with E-state index in [-0.39, 0.29) is 17.9 Å². The van der Waals surface area contributed by atoms with E-state index in [2.05, 4.69) is 15.3 Å². The summed E-state index contributed by atoms with van der Waals surface area (Å²) in [4.78, 5) is 8.70. The number of nitrogens with zero attached hydrogens (tertiary/aromatic N) is 3. The molecule has 2 fully saturated rings. The van der Waals surface area contributed by atoms with E-state index in [4.69, 9.17) is 4.74 Å². The van der Waals surface area contributed by atoms with Crippen LogP contribution in [0.4, 0.5) is 5.95 Å². The maximum atomic E-state index is 13.0. The zero-order chi connectivity index (χ0) is 18.1. The van der Waals surface area contributed by atoms with Crippen molar-refractivity contribution in [3.63, 3.8) is 0 Å². The van der Waals surface area contributed by atoms with Gasteiger partial charge >= 0.3 is 0 Å². The van der Waals surface area contributed by atoms with E-state index in [1.54, 1.807) is 34.9 Å². The van der Waals surface area contributed by atoms with E-state index in [1.807, 2.05) is 19.1 Å². The SMILES string of the molecule is Cc1ccccc1S(=O)(=O)N1C[C@H]2[C@H](CNc3ncccn3)CO[C@H]2C1. The summed E-state index contributed by atoms with van der Waals surface area (Å²) in [6.45, 7) is 4.03. The summed E-state index contributed by atoms with van der Waals surface area (Å²) in [6, 6.07) is 8.88. The first kappa shape index (κ1) is 17.4. The number of hydrogen-bond acceptors (Lipinski definition) is 6. The minimum atomic E-state index is -3.49. The minimum Gasteiger partial charge on any atom is -0.376 e. The quantitative estimate of drug-likeness (QED) is 0.854. The lowest BCUT2D eigenvalue weighted by Gasteiger charge is -2.20. The molecular formula is C18H22N4O3S. The molecule has 2 aliphatic heterocycles. The fourth-order valence-electron chi connectivity index (χ4n) is 3.77. The van der Waals surface area contributed by atoms with Crippen LogP contribution in [0.25, 0.3) is 0 Å². The molecule has 3 atom stereocenters. The van der Waals surface area contributed by atoms with Crippen LogP contribution in [0.5, 0.6) is 0 Å². The Bertz CT molecular complexity index is 875. The van der Waals surface area contributed by atoms with Crippen LogP contribution in [0.15, 0.2) is 47.6 Å². The van der Waals surface area contributed by atoms with Crippen molar-refractivity contribution in [2.24, 2.45) is 11.8 Å². The van der Waals surface area contributed by atoms with Gasteiger partial charge in [-0.05, 0) is 24.6 Å². The number of aryl methyl sites for hydroxylation is 1. The lowest BCUT2D eigenvalue weighted by Crippen LogP contribution is -2.32. The van der Waals surface area contributed by atoms with Crippen molar-refractivity contribution in [3.8, 4) is 0 Å². The number of rotatable bonds is 5. The van der Waals surface area contributed by atoms with Gasteiger partial charge in [0.1, 0.15) is 0 Å². The van der Waals surface area contributed by atoms with E-state index in [9.17, 15) is 8.42 Å². The molecule has 8 heteroatoms. The summed E-state index contributed by atoms with van der Waals surface area (Å²) >= 11 is 0. The highest BCUT2D eigenvalue weighted by atomic mass is 32.2. The molecule has 0 bridgehead atoms. The van der Waals surface area contributed by atoms with Crippen LogP contribution in [0.3, 0.4) is 0 Å². The fourth-order valence-corrected chi connectivity index (χ4v) is 5.48. The molecule has 2 saturated heterocycles. The summed E-state index contributed by atoms with van der Waals surface area (Å²) in [6.07, 6.45) is 3.34. The van der Waals surface area contributed by atoms with Crippen molar-refractivity contribution >= 4 is 16.0 Å². The van der Waals surface area contributed by atoms with Crippen molar-refractivity contribution in [1.82, 2.24) is 14.3 Å². The monoisotopic (exact) mass is 374 g/mol. The molecule has 0 unspecified atom stereocenters. The Hall–Kier alpha value is -2.03. The average molecular weight is 374 g/mol. The molecule has 1 N–H and O–H groups in total. The lowest BCUT2D eigenvalue weighted by atomic mass is 9.93. The fraction of sp³-hybridized carbons (Fsp3) is 0.444. The van der Waals surface area contributed by atoms with Gasteiger partial charge in [0.05, 0.1) is 17.6 Å². The van der Waals surface area contributed by atoms with Crippen LogP contribution in [-0.2, 0) is 14.8 Å². The number of fused-ring (bicyclic) bond motifs is 1. The minimum absolute atomic E-state index is 0.0442. The topological polar surface area (TPSA) is 84.4 Å². The summed E-state index contributed by atoms with van der Waals surface area (Å²) in [5.41, 5.74) is 0.768. The summed E-state index contributed by atoms with van der Waals surface area (Å²) in [5, 5.41) is 3.22. The van der Waals surface area contributed by atoms with Gasteiger partial charge in [-0.1, -0.05) is 18.2 Å². The van der Waals surface area contributed by atoms with Gasteiger partial charge in [0.25, 0.3) is 0 Å². The van der Waals surface area contributed by atoms with Crippen molar-refractivity contribution in [1.29, 1.82) is 0 Å². The highest BCUT2D eigenvalue weighted by molar-refractivity contribution is 7.89. The predicted molar refractivity (Wildman–Crippen MR) is 97.2 cm³/mol. The van der Waals surface area contributed by atoms with Crippen molar-refractivity contribution in [2.45, 2.75) is 17.9 Å². The van der Waals surface area contributed by atoms with Gasteiger partial charge in [-0.15, -0.1) is 0 Å². The predicted octanol–water partition coefficient (Wildman–Crippen LogP) is 1.53. The standard InChI is InChI=1S/C18H22N4O3S/c1-13-5-2-3-6-17(13)26(23,24)22-10-15-14(12-25-16(15)11-22)9-21-18-19-7-4-8-20-18/h2-8,14-16H,9-12H2,1H3,(H,19,20,21)/t14-,15+,16+/m1/s1. The molecule has 2 aromatic rings. The Morgan fingerprint density at radius 1 is 1.19 bits per heavy atom. The molecule has 0 saturated carbocycles. The molecule has 0 radical (unpaired) electrons. The first-order valence-corrected chi connectivity index (χ1v) is 10.2. The molecule has 0 spiro atoms. The Kier molecular flexibility index (Phi) is 4.64. The maximum Gasteiger partial charge on any atom is 0.243 e. The van der Waals surface area contributed by atoms with Crippen molar-refractivity contribution in [2.75, 3.05) is 31.6 Å². The van der Waals surface area contributed by atoms with E-state index < -0.39 is 10.0 Å². The third kappa shape index (κ3) is 3.20. The number of aromatic nitrogens is 2. The number of anilines is 1. The Labute approximate surface area is 153 Å². The van der Waals surface area contributed by atoms with E-state index >= 15 is 0 Å². The van der Waals surface area contributed by atoms with Crippen LogP contribution in [0.2, 0.25) is 0 Å². The van der Waals surface area contributed by atoms with Gasteiger partial charge in [-0.2, -0.15) is 4.31 Å². The number of benzene rings is 1. The Morgan fingerprint density at radius 2 is 1.96 bits per heavy atom. The highest BCUT2D eigenvalue weighted by Crippen LogP contribution is 2.36. The zero-order valence-electron chi connectivity index (χ0n) is 14.6. The van der Waals surface area contributed by atoms with Crippen LogP contribution >= 0.6 is 0 Å². The van der Waals surface area contributed by atoms with Gasteiger partial charge in [-0.3, -0.25) is 0 Å². The van der Waals surface area contributed by atoms with Gasteiger partial charge in [0.15, 0.2) is 0 Å². The maximum absolute atomic E-state index is 13.0. The van der Waals surface area contributed by atoms with Gasteiger partial charge in [0.2, 0.25) is 16.0 Å². The largest absolute Gasteiger partial charge is 0.376 e. The lowest BCUT2D eigenvalue weighted by molar-refractivity contribution is 0.104.